The van der Waals surface area contributed by atoms with E-state index in [0.29, 0.717) is 0 Å². The van der Waals surface area contributed by atoms with Crippen LogP contribution in [0.2, 0.25) is 0 Å². The van der Waals surface area contributed by atoms with Crippen molar-refractivity contribution in [2.24, 2.45) is 0 Å². The third kappa shape index (κ3) is 5.70. The van der Waals surface area contributed by atoms with Crippen molar-refractivity contribution in [3.05, 3.63) is 29.8 Å². The lowest BCUT2D eigenvalue weighted by atomic mass is 9.87. The van der Waals surface area contributed by atoms with E-state index in [2.05, 4.69) is 49.9 Å². The van der Waals surface area contributed by atoms with E-state index in [1.54, 1.807) is 0 Å². The van der Waals surface area contributed by atoms with E-state index in [1.807, 2.05) is 0 Å². The summed E-state index contributed by atoms with van der Waals surface area (Å²) >= 11 is 0. The molecule has 0 amide bonds. The molecule has 1 aliphatic rings. The minimum atomic E-state index is 0.216. The van der Waals surface area contributed by atoms with E-state index >= 15 is 0 Å². The van der Waals surface area contributed by atoms with Crippen molar-refractivity contribution in [3.8, 4) is 5.75 Å². The van der Waals surface area contributed by atoms with Gasteiger partial charge in [0.2, 0.25) is 0 Å². The molecule has 1 fully saturated rings. The van der Waals surface area contributed by atoms with Gasteiger partial charge in [0, 0.05) is 0 Å². The van der Waals surface area contributed by atoms with Crippen LogP contribution in [0.4, 0.5) is 0 Å². The highest BCUT2D eigenvalue weighted by Gasteiger charge is 2.13. The quantitative estimate of drug-likeness (QED) is 0.679. The normalized spacial score (nSPS) is 16.3. The zero-order chi connectivity index (χ0) is 15.1. The predicted octanol–water partition coefficient (Wildman–Crippen LogP) is 4.63. The highest BCUT2D eigenvalue weighted by molar-refractivity contribution is 5.31. The van der Waals surface area contributed by atoms with Crippen molar-refractivity contribution in [1.29, 1.82) is 0 Å². The Balaban J connectivity index is 1.58. The van der Waals surface area contributed by atoms with Crippen molar-refractivity contribution < 1.29 is 4.74 Å². The molecule has 0 atom stereocenters. The van der Waals surface area contributed by atoms with E-state index in [1.165, 1.54) is 50.9 Å². The second-order valence-corrected chi connectivity index (χ2v) is 7.23. The Morgan fingerprint density at radius 3 is 2.24 bits per heavy atom. The summed E-state index contributed by atoms with van der Waals surface area (Å²) in [4.78, 5) is 2.59. The van der Waals surface area contributed by atoms with Crippen LogP contribution >= 0.6 is 0 Å². The molecule has 0 saturated carbocycles. The van der Waals surface area contributed by atoms with Gasteiger partial charge in [0.25, 0.3) is 0 Å². The minimum Gasteiger partial charge on any atom is -0.494 e. The predicted molar refractivity (Wildman–Crippen MR) is 90.2 cm³/mol. The van der Waals surface area contributed by atoms with Gasteiger partial charge < -0.3 is 9.64 Å². The summed E-state index contributed by atoms with van der Waals surface area (Å²) in [7, 11) is 0. The molecule has 0 N–H and O–H groups in total. The SMILES string of the molecule is CC(C)(C)c1ccc(OCCCCCN2CCCC2)cc1. The summed E-state index contributed by atoms with van der Waals surface area (Å²) in [5.74, 6) is 1.00. The lowest BCUT2D eigenvalue weighted by Crippen LogP contribution is -2.20. The van der Waals surface area contributed by atoms with Gasteiger partial charge in [-0.2, -0.15) is 0 Å². The Hall–Kier alpha value is -1.02. The van der Waals surface area contributed by atoms with Gasteiger partial charge in [-0.25, -0.2) is 0 Å². The summed E-state index contributed by atoms with van der Waals surface area (Å²) in [6.45, 7) is 11.5. The highest BCUT2D eigenvalue weighted by atomic mass is 16.5. The van der Waals surface area contributed by atoms with Crippen LogP contribution in [0.3, 0.4) is 0 Å². The lowest BCUT2D eigenvalue weighted by molar-refractivity contribution is 0.290. The zero-order valence-corrected chi connectivity index (χ0v) is 14.0. The molecule has 1 saturated heterocycles. The van der Waals surface area contributed by atoms with Gasteiger partial charge in [0.1, 0.15) is 5.75 Å². The molecule has 0 aromatic heterocycles. The van der Waals surface area contributed by atoms with Gasteiger partial charge in [-0.3, -0.25) is 0 Å². The Labute approximate surface area is 130 Å². The topological polar surface area (TPSA) is 12.5 Å². The first-order chi connectivity index (χ1) is 10.1. The second kappa shape index (κ2) is 7.84. The van der Waals surface area contributed by atoms with Gasteiger partial charge in [0.05, 0.1) is 6.61 Å². The van der Waals surface area contributed by atoms with E-state index in [-0.39, 0.29) is 5.41 Å². The Bertz CT molecular complexity index is 399. The maximum Gasteiger partial charge on any atom is 0.119 e. The molecular weight excluding hydrogens is 258 g/mol. The monoisotopic (exact) mass is 289 g/mol. The molecular formula is C19H31NO. The standard InChI is InChI=1S/C19H31NO/c1-19(2,3)17-9-11-18(12-10-17)21-16-8-4-5-13-20-14-6-7-15-20/h9-12H,4-8,13-16H2,1-3H3. The Morgan fingerprint density at radius 1 is 0.952 bits per heavy atom. The van der Waals surface area contributed by atoms with Crippen molar-refractivity contribution in [1.82, 2.24) is 4.90 Å². The van der Waals surface area contributed by atoms with Gasteiger partial charge in [-0.1, -0.05) is 32.9 Å². The molecule has 1 heterocycles. The van der Waals surface area contributed by atoms with Crippen LogP contribution in [0.5, 0.6) is 5.75 Å². The van der Waals surface area contributed by atoms with Crippen LogP contribution in [0, 0.1) is 0 Å². The maximum absolute atomic E-state index is 5.83. The average molecular weight is 289 g/mol. The molecule has 2 rings (SSSR count). The number of hydrogen-bond acceptors (Lipinski definition) is 2. The fraction of sp³-hybridized carbons (Fsp3) is 0.684. The average Bonchev–Trinajstić information content (AvgIpc) is 2.95. The summed E-state index contributed by atoms with van der Waals surface area (Å²) in [5.41, 5.74) is 1.58. The van der Waals surface area contributed by atoms with Crippen LogP contribution in [0.25, 0.3) is 0 Å². The largest absolute Gasteiger partial charge is 0.494 e. The van der Waals surface area contributed by atoms with Crippen LogP contribution in [-0.4, -0.2) is 31.1 Å². The second-order valence-electron chi connectivity index (χ2n) is 7.23. The van der Waals surface area contributed by atoms with Crippen LogP contribution in [-0.2, 0) is 5.41 Å². The number of nitrogens with zero attached hydrogens (tertiary/aromatic N) is 1. The van der Waals surface area contributed by atoms with E-state index in [9.17, 15) is 0 Å². The molecule has 0 spiro atoms. The van der Waals surface area contributed by atoms with Gasteiger partial charge in [-0.15, -0.1) is 0 Å². The van der Waals surface area contributed by atoms with Crippen LogP contribution in [0.1, 0.15) is 58.4 Å². The first kappa shape index (κ1) is 16.4. The lowest BCUT2D eigenvalue weighted by Gasteiger charge is -2.19. The summed E-state index contributed by atoms with van der Waals surface area (Å²) < 4.78 is 5.83. The fourth-order valence-electron chi connectivity index (χ4n) is 2.86. The van der Waals surface area contributed by atoms with E-state index < -0.39 is 0 Å². The first-order valence-corrected chi connectivity index (χ1v) is 8.51. The number of ether oxygens (including phenoxy) is 1. The van der Waals surface area contributed by atoms with Gasteiger partial charge >= 0.3 is 0 Å². The zero-order valence-electron chi connectivity index (χ0n) is 14.0. The molecule has 0 aliphatic carbocycles. The molecule has 1 aromatic carbocycles. The number of hydrogen-bond donors (Lipinski definition) is 0. The number of benzene rings is 1. The molecule has 118 valence electrons. The molecule has 2 nitrogen and oxygen atoms in total. The maximum atomic E-state index is 5.83. The van der Waals surface area contributed by atoms with Crippen LogP contribution in [0.15, 0.2) is 24.3 Å². The highest BCUT2D eigenvalue weighted by Crippen LogP contribution is 2.24. The van der Waals surface area contributed by atoms with Crippen molar-refractivity contribution in [3.63, 3.8) is 0 Å². The van der Waals surface area contributed by atoms with E-state index in [4.69, 9.17) is 4.74 Å². The number of rotatable bonds is 7. The van der Waals surface area contributed by atoms with Crippen molar-refractivity contribution >= 4 is 0 Å². The number of unbranched alkanes of at least 4 members (excludes halogenated alkanes) is 2. The van der Waals surface area contributed by atoms with Crippen molar-refractivity contribution in [2.45, 2.75) is 58.3 Å². The Kier molecular flexibility index (Phi) is 6.10. The van der Waals surface area contributed by atoms with E-state index in [0.717, 1.165) is 18.8 Å². The third-order valence-corrected chi connectivity index (χ3v) is 4.31. The summed E-state index contributed by atoms with van der Waals surface area (Å²) in [5, 5.41) is 0. The van der Waals surface area contributed by atoms with Gasteiger partial charge in [0.15, 0.2) is 0 Å². The summed E-state index contributed by atoms with van der Waals surface area (Å²) in [6, 6.07) is 8.57. The molecule has 1 aliphatic heterocycles. The molecule has 0 radical (unpaired) electrons. The molecule has 0 bridgehead atoms. The minimum absolute atomic E-state index is 0.216. The van der Waals surface area contributed by atoms with Crippen LogP contribution < -0.4 is 4.74 Å². The Morgan fingerprint density at radius 2 is 1.62 bits per heavy atom. The van der Waals surface area contributed by atoms with Gasteiger partial charge in [-0.05, 0) is 74.8 Å². The molecule has 1 aromatic rings. The smallest absolute Gasteiger partial charge is 0.119 e. The molecule has 21 heavy (non-hydrogen) atoms. The first-order valence-electron chi connectivity index (χ1n) is 8.51. The summed E-state index contributed by atoms with van der Waals surface area (Å²) in [6.07, 6.45) is 6.54. The number of likely N-dealkylation sites (tertiary alicyclic amines) is 1. The van der Waals surface area contributed by atoms with Crippen molar-refractivity contribution in [2.75, 3.05) is 26.2 Å². The molecule has 0 unspecified atom stereocenters. The third-order valence-electron chi connectivity index (χ3n) is 4.31. The molecule has 2 heteroatoms. The fourth-order valence-corrected chi connectivity index (χ4v) is 2.86.